The highest BCUT2D eigenvalue weighted by atomic mass is 16.6. The maximum absolute atomic E-state index is 9.44. The van der Waals surface area contributed by atoms with E-state index < -0.39 is 0 Å². The van der Waals surface area contributed by atoms with Crippen LogP contribution in [0.5, 0.6) is 0 Å². The lowest BCUT2D eigenvalue weighted by Crippen LogP contribution is -2.31. The molecule has 0 heterocycles. The Labute approximate surface area is 42.5 Å². The molecule has 39 valence electrons. The molecule has 2 N–H and O–H groups in total. The summed E-state index contributed by atoms with van der Waals surface area (Å²) in [5.74, 6) is 0. The zero-order valence-corrected chi connectivity index (χ0v) is 3.97. The van der Waals surface area contributed by atoms with Crippen molar-refractivity contribution in [3.8, 4) is 0 Å². The van der Waals surface area contributed by atoms with Crippen LogP contribution in [0.15, 0.2) is 0 Å². The molecule has 1 amide bonds. The SMILES string of the molecule is CON[B]NC=O. The predicted octanol–water partition coefficient (Wildman–Crippen LogP) is -1.58. The van der Waals surface area contributed by atoms with Crippen LogP contribution in [0, 0.1) is 0 Å². The summed E-state index contributed by atoms with van der Waals surface area (Å²) in [5.41, 5.74) is 0. The minimum atomic E-state index is 0.534. The van der Waals surface area contributed by atoms with Crippen LogP contribution in [0.3, 0.4) is 0 Å². The molecule has 5 heteroatoms. The highest BCUT2D eigenvalue weighted by Gasteiger charge is 1.80. The second-order valence-electron chi connectivity index (χ2n) is 0.751. The van der Waals surface area contributed by atoms with Gasteiger partial charge in [0.25, 0.3) is 0 Å². The number of nitrogens with one attached hydrogen (secondary N) is 2. The van der Waals surface area contributed by atoms with Gasteiger partial charge >= 0.3 is 7.55 Å². The summed E-state index contributed by atoms with van der Waals surface area (Å²) in [6.07, 6.45) is 0.534. The largest absolute Gasteiger partial charge is 0.389 e. The van der Waals surface area contributed by atoms with Crippen molar-refractivity contribution in [1.29, 1.82) is 0 Å². The topological polar surface area (TPSA) is 50.4 Å². The van der Waals surface area contributed by atoms with Gasteiger partial charge in [-0.1, -0.05) is 0 Å². The minimum absolute atomic E-state index is 0.534. The zero-order valence-electron chi connectivity index (χ0n) is 3.97. The number of hydrogen-bond donors (Lipinski definition) is 2. The van der Waals surface area contributed by atoms with Gasteiger partial charge in [0.15, 0.2) is 6.41 Å². The molecule has 0 unspecified atom stereocenters. The number of hydrogen-bond acceptors (Lipinski definition) is 3. The Balaban J connectivity index is 2.56. The lowest BCUT2D eigenvalue weighted by Gasteiger charge is -1.92. The lowest BCUT2D eigenvalue weighted by atomic mass is 10.2. The Morgan fingerprint density at radius 3 is 3.00 bits per heavy atom. The van der Waals surface area contributed by atoms with Gasteiger partial charge in [0.2, 0.25) is 0 Å². The molecule has 0 atom stereocenters. The summed E-state index contributed by atoms with van der Waals surface area (Å²) in [4.78, 5) is 13.8. The summed E-state index contributed by atoms with van der Waals surface area (Å²) < 4.78 is 0. The van der Waals surface area contributed by atoms with Gasteiger partial charge in [-0.2, -0.15) is 0 Å². The molecule has 0 aliphatic heterocycles. The fourth-order valence-electron chi connectivity index (χ4n) is 0.127. The fourth-order valence-corrected chi connectivity index (χ4v) is 0.127. The molecule has 1 radical (unpaired) electrons. The number of rotatable bonds is 4. The first kappa shape index (κ1) is 6.45. The van der Waals surface area contributed by atoms with E-state index in [1.165, 1.54) is 14.7 Å². The smallest absolute Gasteiger partial charge is 0.374 e. The maximum atomic E-state index is 9.44. The fraction of sp³-hybridized carbons (Fsp3) is 0.500. The first-order valence-electron chi connectivity index (χ1n) is 1.71. The van der Waals surface area contributed by atoms with Gasteiger partial charge in [-0.05, 0) is 0 Å². The van der Waals surface area contributed by atoms with Crippen LogP contribution in [0.25, 0.3) is 0 Å². The minimum Gasteiger partial charge on any atom is -0.389 e. The molecule has 0 spiro atoms. The molecule has 0 saturated heterocycles. The quantitative estimate of drug-likeness (QED) is 0.194. The Morgan fingerprint density at radius 1 is 1.86 bits per heavy atom. The van der Waals surface area contributed by atoms with Crippen LogP contribution in [-0.2, 0) is 9.63 Å². The van der Waals surface area contributed by atoms with E-state index >= 15 is 0 Å². The molecule has 0 fully saturated rings. The molecular formula is C2H6BN2O2. The van der Waals surface area contributed by atoms with Crippen molar-refractivity contribution < 1.29 is 9.63 Å². The van der Waals surface area contributed by atoms with Crippen LogP contribution in [0.4, 0.5) is 0 Å². The third kappa shape index (κ3) is 5.45. The highest BCUT2D eigenvalue weighted by molar-refractivity contribution is 6.31. The second-order valence-corrected chi connectivity index (χ2v) is 0.751. The van der Waals surface area contributed by atoms with Gasteiger partial charge in [-0.3, -0.25) is 4.79 Å². The number of amides is 1. The van der Waals surface area contributed by atoms with Crippen molar-refractivity contribution in [1.82, 2.24) is 10.6 Å². The van der Waals surface area contributed by atoms with E-state index in [0.29, 0.717) is 6.41 Å². The molecular weight excluding hydrogens is 94.8 g/mol. The summed E-state index contributed by atoms with van der Waals surface area (Å²) in [7, 11) is 2.72. The monoisotopic (exact) mass is 101 g/mol. The van der Waals surface area contributed by atoms with Crippen molar-refractivity contribution in [3.05, 3.63) is 0 Å². The summed E-state index contributed by atoms with van der Waals surface area (Å²) in [6, 6.07) is 0. The Bertz CT molecular complexity index is 51.0. The molecule has 0 bridgehead atoms. The first-order chi connectivity index (χ1) is 3.41. The molecule has 0 rings (SSSR count). The van der Waals surface area contributed by atoms with Crippen molar-refractivity contribution in [2.75, 3.05) is 7.11 Å². The van der Waals surface area contributed by atoms with Crippen LogP contribution in [-0.4, -0.2) is 21.1 Å². The van der Waals surface area contributed by atoms with E-state index in [1.807, 2.05) is 0 Å². The summed E-state index contributed by atoms with van der Waals surface area (Å²) in [5, 5.41) is 4.49. The van der Waals surface area contributed by atoms with E-state index in [0.717, 1.165) is 0 Å². The third-order valence-corrected chi connectivity index (χ3v) is 0.328. The molecule has 0 aromatic rings. The number of carbonyl (C=O) groups is 1. The molecule has 4 nitrogen and oxygen atoms in total. The molecule has 0 aromatic carbocycles. The van der Waals surface area contributed by atoms with Gasteiger partial charge in [0.1, 0.15) is 0 Å². The molecule has 7 heavy (non-hydrogen) atoms. The van der Waals surface area contributed by atoms with Gasteiger partial charge in [-0.25, -0.2) is 5.39 Å². The Hall–Kier alpha value is -0.545. The molecule has 0 saturated carbocycles. The van der Waals surface area contributed by atoms with Crippen LogP contribution < -0.4 is 10.6 Å². The van der Waals surface area contributed by atoms with Crippen LogP contribution in [0.2, 0.25) is 0 Å². The zero-order chi connectivity index (χ0) is 5.54. The van der Waals surface area contributed by atoms with Crippen molar-refractivity contribution in [3.63, 3.8) is 0 Å². The summed E-state index contributed by atoms with van der Waals surface area (Å²) >= 11 is 0. The van der Waals surface area contributed by atoms with Crippen LogP contribution in [0.1, 0.15) is 0 Å². The van der Waals surface area contributed by atoms with Crippen molar-refractivity contribution in [2.45, 2.75) is 0 Å². The highest BCUT2D eigenvalue weighted by Crippen LogP contribution is 1.41. The maximum Gasteiger partial charge on any atom is 0.374 e. The van der Waals surface area contributed by atoms with E-state index in [4.69, 9.17) is 0 Å². The van der Waals surface area contributed by atoms with E-state index in [9.17, 15) is 4.79 Å². The number of carbonyl (C=O) groups excluding carboxylic acids is 1. The van der Waals surface area contributed by atoms with Crippen molar-refractivity contribution >= 4 is 14.0 Å². The van der Waals surface area contributed by atoms with E-state index in [-0.39, 0.29) is 0 Å². The summed E-state index contributed by atoms with van der Waals surface area (Å²) in [6.45, 7) is 0. The standard InChI is InChI=1S/C2H6BN2O2/c1-7-5-3-4-2-6/h2,5H,1H3,(H,4,6). The Kier molecular flexibility index (Phi) is 5.03. The average molecular weight is 101 g/mol. The lowest BCUT2D eigenvalue weighted by molar-refractivity contribution is -0.108. The van der Waals surface area contributed by atoms with Gasteiger partial charge < -0.3 is 10.1 Å². The normalized spacial score (nSPS) is 7.57. The molecule has 0 aromatic heterocycles. The first-order valence-corrected chi connectivity index (χ1v) is 1.71. The van der Waals surface area contributed by atoms with E-state index in [1.54, 1.807) is 0 Å². The van der Waals surface area contributed by atoms with E-state index in [2.05, 4.69) is 15.5 Å². The van der Waals surface area contributed by atoms with Gasteiger partial charge in [0.05, 0.1) is 7.11 Å². The molecule has 0 aliphatic carbocycles. The van der Waals surface area contributed by atoms with Crippen molar-refractivity contribution in [2.24, 2.45) is 0 Å². The van der Waals surface area contributed by atoms with Gasteiger partial charge in [0, 0.05) is 0 Å². The molecule has 0 aliphatic rings. The Morgan fingerprint density at radius 2 is 2.57 bits per heavy atom. The second kappa shape index (κ2) is 5.45. The third-order valence-electron chi connectivity index (χ3n) is 0.328. The predicted molar refractivity (Wildman–Crippen MR) is 25.1 cm³/mol. The van der Waals surface area contributed by atoms with Gasteiger partial charge in [-0.15, -0.1) is 0 Å². The van der Waals surface area contributed by atoms with Crippen LogP contribution >= 0.6 is 0 Å². The average Bonchev–Trinajstić information content (AvgIpc) is 1.69.